The Hall–Kier alpha value is -1.65. The first-order valence-corrected chi connectivity index (χ1v) is 6.78. The van der Waals surface area contributed by atoms with Crippen LogP contribution in [0, 0.1) is 0 Å². The highest BCUT2D eigenvalue weighted by Crippen LogP contribution is 2.32. The SMILES string of the molecule is CC(N)Cc1csc(-c2coc3ccccc23)n1. The van der Waals surface area contributed by atoms with Crippen molar-refractivity contribution in [2.24, 2.45) is 5.73 Å². The van der Waals surface area contributed by atoms with Gasteiger partial charge in [-0.05, 0) is 13.0 Å². The molecule has 0 bridgehead atoms. The van der Waals surface area contributed by atoms with E-state index >= 15 is 0 Å². The fraction of sp³-hybridized carbons (Fsp3) is 0.214. The highest BCUT2D eigenvalue weighted by molar-refractivity contribution is 7.13. The monoisotopic (exact) mass is 258 g/mol. The summed E-state index contributed by atoms with van der Waals surface area (Å²) in [5.74, 6) is 0. The highest BCUT2D eigenvalue weighted by atomic mass is 32.1. The molecule has 2 heterocycles. The van der Waals surface area contributed by atoms with E-state index in [4.69, 9.17) is 10.2 Å². The van der Waals surface area contributed by atoms with E-state index in [2.05, 4.69) is 16.4 Å². The van der Waals surface area contributed by atoms with Gasteiger partial charge in [-0.3, -0.25) is 0 Å². The van der Waals surface area contributed by atoms with Gasteiger partial charge in [-0.25, -0.2) is 4.98 Å². The van der Waals surface area contributed by atoms with Crippen LogP contribution in [-0.4, -0.2) is 11.0 Å². The van der Waals surface area contributed by atoms with Gasteiger partial charge in [0.25, 0.3) is 0 Å². The fourth-order valence-electron chi connectivity index (χ4n) is 2.00. The van der Waals surface area contributed by atoms with E-state index in [0.717, 1.165) is 33.7 Å². The Morgan fingerprint density at radius 2 is 2.22 bits per heavy atom. The Morgan fingerprint density at radius 3 is 3.06 bits per heavy atom. The van der Waals surface area contributed by atoms with Crippen molar-refractivity contribution in [3.8, 4) is 10.6 Å². The predicted octanol–water partition coefficient (Wildman–Crippen LogP) is 3.45. The van der Waals surface area contributed by atoms with Crippen LogP contribution in [0.15, 0.2) is 40.3 Å². The molecule has 1 unspecified atom stereocenters. The summed E-state index contributed by atoms with van der Waals surface area (Å²) < 4.78 is 5.54. The van der Waals surface area contributed by atoms with Gasteiger partial charge in [0.2, 0.25) is 0 Å². The van der Waals surface area contributed by atoms with Crippen molar-refractivity contribution >= 4 is 22.3 Å². The Kier molecular flexibility index (Phi) is 2.89. The second-order valence-corrected chi connectivity index (χ2v) is 5.33. The average Bonchev–Trinajstić information content (AvgIpc) is 2.94. The van der Waals surface area contributed by atoms with Crippen LogP contribution in [-0.2, 0) is 6.42 Å². The lowest BCUT2D eigenvalue weighted by Crippen LogP contribution is -2.17. The first-order chi connectivity index (χ1) is 8.74. The van der Waals surface area contributed by atoms with Crippen LogP contribution in [0.2, 0.25) is 0 Å². The van der Waals surface area contributed by atoms with E-state index in [1.807, 2.05) is 25.1 Å². The number of furan rings is 1. The molecule has 1 atom stereocenters. The molecule has 2 aromatic heterocycles. The van der Waals surface area contributed by atoms with Gasteiger partial charge in [0.1, 0.15) is 16.9 Å². The number of aromatic nitrogens is 1. The molecular formula is C14H14N2OS. The van der Waals surface area contributed by atoms with Crippen molar-refractivity contribution in [2.75, 3.05) is 0 Å². The van der Waals surface area contributed by atoms with Crippen LogP contribution >= 0.6 is 11.3 Å². The maximum atomic E-state index is 5.79. The lowest BCUT2D eigenvalue weighted by atomic mass is 10.2. The molecular weight excluding hydrogens is 244 g/mol. The molecule has 4 heteroatoms. The van der Waals surface area contributed by atoms with Crippen LogP contribution in [0.3, 0.4) is 0 Å². The molecule has 3 nitrogen and oxygen atoms in total. The summed E-state index contributed by atoms with van der Waals surface area (Å²) in [6.45, 7) is 1.99. The van der Waals surface area contributed by atoms with Gasteiger partial charge >= 0.3 is 0 Å². The largest absolute Gasteiger partial charge is 0.464 e. The number of nitrogens with two attached hydrogens (primary N) is 1. The Labute approximate surface area is 109 Å². The molecule has 0 aliphatic heterocycles. The molecule has 0 spiro atoms. The van der Waals surface area contributed by atoms with Crippen molar-refractivity contribution < 1.29 is 4.42 Å². The lowest BCUT2D eigenvalue weighted by molar-refractivity contribution is 0.617. The van der Waals surface area contributed by atoms with Gasteiger partial charge < -0.3 is 10.2 Å². The quantitative estimate of drug-likeness (QED) is 0.783. The summed E-state index contributed by atoms with van der Waals surface area (Å²) in [7, 11) is 0. The molecule has 92 valence electrons. The summed E-state index contributed by atoms with van der Waals surface area (Å²) in [5, 5.41) is 4.18. The third-order valence-corrected chi connectivity index (χ3v) is 3.72. The number of benzene rings is 1. The zero-order chi connectivity index (χ0) is 12.5. The van der Waals surface area contributed by atoms with Gasteiger partial charge in [-0.2, -0.15) is 0 Å². The molecule has 0 saturated heterocycles. The van der Waals surface area contributed by atoms with E-state index in [0.29, 0.717) is 0 Å². The van der Waals surface area contributed by atoms with Gasteiger partial charge in [-0.15, -0.1) is 11.3 Å². The van der Waals surface area contributed by atoms with E-state index in [-0.39, 0.29) is 6.04 Å². The second-order valence-electron chi connectivity index (χ2n) is 4.47. The first-order valence-electron chi connectivity index (χ1n) is 5.90. The molecule has 0 saturated carbocycles. The fourth-order valence-corrected chi connectivity index (χ4v) is 2.85. The Morgan fingerprint density at radius 1 is 1.39 bits per heavy atom. The van der Waals surface area contributed by atoms with Crippen LogP contribution in [0.25, 0.3) is 21.5 Å². The Balaban J connectivity index is 2.01. The number of rotatable bonds is 3. The maximum absolute atomic E-state index is 5.79. The van der Waals surface area contributed by atoms with E-state index in [1.54, 1.807) is 17.6 Å². The summed E-state index contributed by atoms with van der Waals surface area (Å²) >= 11 is 1.64. The minimum Gasteiger partial charge on any atom is -0.464 e. The van der Waals surface area contributed by atoms with E-state index < -0.39 is 0 Å². The number of para-hydroxylation sites is 1. The van der Waals surface area contributed by atoms with E-state index in [9.17, 15) is 0 Å². The number of fused-ring (bicyclic) bond motifs is 1. The van der Waals surface area contributed by atoms with Crippen molar-refractivity contribution in [1.82, 2.24) is 4.98 Å². The molecule has 18 heavy (non-hydrogen) atoms. The summed E-state index contributed by atoms with van der Waals surface area (Å²) in [4.78, 5) is 4.62. The van der Waals surface area contributed by atoms with Crippen LogP contribution in [0.4, 0.5) is 0 Å². The van der Waals surface area contributed by atoms with Crippen molar-refractivity contribution in [3.63, 3.8) is 0 Å². The average molecular weight is 258 g/mol. The zero-order valence-electron chi connectivity index (χ0n) is 10.1. The second kappa shape index (κ2) is 4.55. The lowest BCUT2D eigenvalue weighted by Gasteiger charge is -1.99. The van der Waals surface area contributed by atoms with Gasteiger partial charge in [0.15, 0.2) is 0 Å². The topological polar surface area (TPSA) is 52.0 Å². The standard InChI is InChI=1S/C14H14N2OS/c1-9(15)6-10-8-18-14(16-10)12-7-17-13-5-3-2-4-11(12)13/h2-5,7-9H,6,15H2,1H3. The molecule has 0 fully saturated rings. The van der Waals surface area contributed by atoms with Crippen LogP contribution in [0.1, 0.15) is 12.6 Å². The first kappa shape index (κ1) is 11.4. The van der Waals surface area contributed by atoms with Gasteiger partial charge in [0.05, 0.1) is 11.3 Å². The molecule has 1 aromatic carbocycles. The molecule has 0 aliphatic rings. The zero-order valence-corrected chi connectivity index (χ0v) is 10.9. The summed E-state index contributed by atoms with van der Waals surface area (Å²) in [5.41, 5.74) is 8.80. The minimum atomic E-state index is 0.140. The summed E-state index contributed by atoms with van der Waals surface area (Å²) in [6, 6.07) is 8.15. The van der Waals surface area contributed by atoms with E-state index in [1.165, 1.54) is 0 Å². The number of hydrogen-bond donors (Lipinski definition) is 1. The van der Waals surface area contributed by atoms with Gasteiger partial charge in [0, 0.05) is 23.2 Å². The molecule has 0 aliphatic carbocycles. The molecule has 0 radical (unpaired) electrons. The smallest absolute Gasteiger partial charge is 0.134 e. The Bertz CT molecular complexity index is 669. The number of hydrogen-bond acceptors (Lipinski definition) is 4. The number of thiazole rings is 1. The predicted molar refractivity (Wildman–Crippen MR) is 74.7 cm³/mol. The van der Waals surface area contributed by atoms with Crippen molar-refractivity contribution in [2.45, 2.75) is 19.4 Å². The highest BCUT2D eigenvalue weighted by Gasteiger charge is 2.11. The summed E-state index contributed by atoms with van der Waals surface area (Å²) in [6.07, 6.45) is 2.59. The van der Waals surface area contributed by atoms with Crippen LogP contribution < -0.4 is 5.73 Å². The molecule has 2 N–H and O–H groups in total. The normalized spacial score (nSPS) is 13.0. The van der Waals surface area contributed by atoms with Crippen LogP contribution in [0.5, 0.6) is 0 Å². The maximum Gasteiger partial charge on any atom is 0.134 e. The van der Waals surface area contributed by atoms with Gasteiger partial charge in [-0.1, -0.05) is 18.2 Å². The molecule has 3 aromatic rings. The van der Waals surface area contributed by atoms with Crippen molar-refractivity contribution in [3.05, 3.63) is 41.6 Å². The number of nitrogens with zero attached hydrogens (tertiary/aromatic N) is 1. The van der Waals surface area contributed by atoms with Crippen molar-refractivity contribution in [1.29, 1.82) is 0 Å². The third kappa shape index (κ3) is 2.05. The molecule has 3 rings (SSSR count). The minimum absolute atomic E-state index is 0.140. The third-order valence-electron chi connectivity index (χ3n) is 2.79. The molecule has 0 amide bonds.